The highest BCUT2D eigenvalue weighted by molar-refractivity contribution is 5.93. The number of hydrogen-bond donors (Lipinski definition) is 1. The van der Waals surface area contributed by atoms with Gasteiger partial charge in [0.2, 0.25) is 0 Å². The number of methoxy groups -OCH3 is 1. The van der Waals surface area contributed by atoms with Crippen LogP contribution in [0.25, 0.3) is 0 Å². The Kier molecular flexibility index (Phi) is 5.38. The quantitative estimate of drug-likeness (QED) is 0.795. The third kappa shape index (κ3) is 3.99. The molecule has 0 fully saturated rings. The van der Waals surface area contributed by atoms with Crippen LogP contribution in [0, 0.1) is 6.92 Å². The maximum Gasteiger partial charge on any atom is 0.339 e. The Hall–Kier alpha value is -2.53. The SMILES string of the molecule is COCOc1cc(C)c(C(=O)O)c(OCc2ccccc2)c1. The van der Waals surface area contributed by atoms with Crippen LogP contribution in [0.3, 0.4) is 0 Å². The summed E-state index contributed by atoms with van der Waals surface area (Å²) in [7, 11) is 1.52. The molecule has 0 atom stereocenters. The van der Waals surface area contributed by atoms with E-state index in [1.807, 2.05) is 30.3 Å². The van der Waals surface area contributed by atoms with Gasteiger partial charge in [-0.1, -0.05) is 30.3 Å². The Morgan fingerprint density at radius 1 is 1.14 bits per heavy atom. The van der Waals surface area contributed by atoms with Gasteiger partial charge in [0, 0.05) is 13.2 Å². The summed E-state index contributed by atoms with van der Waals surface area (Å²) in [6.07, 6.45) is 0. The number of hydrogen-bond acceptors (Lipinski definition) is 4. The smallest absolute Gasteiger partial charge is 0.339 e. The van der Waals surface area contributed by atoms with Gasteiger partial charge in [0.25, 0.3) is 0 Å². The third-order valence-corrected chi connectivity index (χ3v) is 3.07. The molecule has 22 heavy (non-hydrogen) atoms. The second-order valence-corrected chi connectivity index (χ2v) is 4.74. The predicted octanol–water partition coefficient (Wildman–Crippen LogP) is 3.25. The van der Waals surface area contributed by atoms with Crippen LogP contribution < -0.4 is 9.47 Å². The molecule has 5 heteroatoms. The normalized spacial score (nSPS) is 10.3. The van der Waals surface area contributed by atoms with E-state index in [1.54, 1.807) is 19.1 Å². The average Bonchev–Trinajstić information content (AvgIpc) is 2.51. The molecule has 0 aliphatic heterocycles. The number of carboxylic acid groups (broad SMARTS) is 1. The number of benzene rings is 2. The molecular formula is C17H18O5. The first kappa shape index (κ1) is 15.9. The lowest BCUT2D eigenvalue weighted by Gasteiger charge is -2.14. The van der Waals surface area contributed by atoms with Gasteiger partial charge in [-0.2, -0.15) is 0 Å². The van der Waals surface area contributed by atoms with Gasteiger partial charge in [0.15, 0.2) is 6.79 Å². The van der Waals surface area contributed by atoms with E-state index in [0.717, 1.165) is 5.56 Å². The lowest BCUT2D eigenvalue weighted by atomic mass is 10.1. The molecule has 1 N–H and O–H groups in total. The zero-order valence-corrected chi connectivity index (χ0v) is 12.5. The van der Waals surface area contributed by atoms with Gasteiger partial charge in [-0.15, -0.1) is 0 Å². The summed E-state index contributed by atoms with van der Waals surface area (Å²) < 4.78 is 15.9. The van der Waals surface area contributed by atoms with Crippen molar-refractivity contribution in [2.45, 2.75) is 13.5 Å². The Balaban J connectivity index is 2.25. The number of aromatic carboxylic acids is 1. The van der Waals surface area contributed by atoms with E-state index in [1.165, 1.54) is 7.11 Å². The molecule has 0 heterocycles. The van der Waals surface area contributed by atoms with Gasteiger partial charge in [-0.25, -0.2) is 4.79 Å². The number of aryl methyl sites for hydroxylation is 1. The number of carboxylic acids is 1. The van der Waals surface area contributed by atoms with Crippen molar-refractivity contribution in [3.05, 3.63) is 59.2 Å². The lowest BCUT2D eigenvalue weighted by Crippen LogP contribution is -2.07. The topological polar surface area (TPSA) is 65.0 Å². The van der Waals surface area contributed by atoms with E-state index >= 15 is 0 Å². The highest BCUT2D eigenvalue weighted by atomic mass is 16.7. The van der Waals surface area contributed by atoms with E-state index in [2.05, 4.69) is 0 Å². The van der Waals surface area contributed by atoms with E-state index in [0.29, 0.717) is 11.3 Å². The van der Waals surface area contributed by atoms with Gasteiger partial charge in [-0.3, -0.25) is 0 Å². The zero-order chi connectivity index (χ0) is 15.9. The summed E-state index contributed by atoms with van der Waals surface area (Å²) in [6.45, 7) is 2.08. The van der Waals surface area contributed by atoms with Crippen LogP contribution in [0.4, 0.5) is 0 Å². The Labute approximate surface area is 129 Å². The number of carbonyl (C=O) groups is 1. The van der Waals surface area contributed by atoms with Crippen molar-refractivity contribution >= 4 is 5.97 Å². The maximum absolute atomic E-state index is 11.4. The Morgan fingerprint density at radius 3 is 2.50 bits per heavy atom. The minimum atomic E-state index is -1.03. The molecule has 2 aromatic carbocycles. The van der Waals surface area contributed by atoms with Crippen LogP contribution in [0.5, 0.6) is 11.5 Å². The molecular weight excluding hydrogens is 284 g/mol. The molecule has 2 rings (SSSR count). The molecule has 0 aliphatic carbocycles. The van der Waals surface area contributed by atoms with Gasteiger partial charge < -0.3 is 19.3 Å². The molecule has 0 aliphatic rings. The summed E-state index contributed by atoms with van der Waals surface area (Å²) >= 11 is 0. The first-order chi connectivity index (χ1) is 10.6. The van der Waals surface area contributed by atoms with Crippen LogP contribution in [0.2, 0.25) is 0 Å². The van der Waals surface area contributed by atoms with Crippen molar-refractivity contribution in [1.29, 1.82) is 0 Å². The molecule has 0 saturated carbocycles. The van der Waals surface area contributed by atoms with Crippen LogP contribution in [0.15, 0.2) is 42.5 Å². The van der Waals surface area contributed by atoms with Crippen molar-refractivity contribution in [1.82, 2.24) is 0 Å². The molecule has 0 amide bonds. The summed E-state index contributed by atoms with van der Waals surface area (Å²) in [4.78, 5) is 11.4. The standard InChI is InChI=1S/C17H18O5/c1-12-8-14(22-11-20-2)9-15(16(12)17(18)19)21-10-13-6-4-3-5-7-13/h3-9H,10-11H2,1-2H3,(H,18,19). The molecule has 0 aromatic heterocycles. The van der Waals surface area contributed by atoms with Crippen LogP contribution >= 0.6 is 0 Å². The Bertz CT molecular complexity index is 637. The largest absolute Gasteiger partial charge is 0.488 e. The minimum Gasteiger partial charge on any atom is -0.488 e. The maximum atomic E-state index is 11.4. The molecule has 5 nitrogen and oxygen atoms in total. The van der Waals surface area contributed by atoms with Crippen LogP contribution in [-0.2, 0) is 11.3 Å². The van der Waals surface area contributed by atoms with E-state index in [9.17, 15) is 9.90 Å². The molecule has 0 radical (unpaired) electrons. The van der Waals surface area contributed by atoms with E-state index < -0.39 is 5.97 Å². The number of rotatable bonds is 7. The summed E-state index contributed by atoms with van der Waals surface area (Å²) in [5.74, 6) is -0.242. The predicted molar refractivity (Wildman–Crippen MR) is 81.4 cm³/mol. The molecule has 116 valence electrons. The van der Waals surface area contributed by atoms with Crippen molar-refractivity contribution < 1.29 is 24.1 Å². The first-order valence-corrected chi connectivity index (χ1v) is 6.78. The van der Waals surface area contributed by atoms with Crippen molar-refractivity contribution in [3.8, 4) is 11.5 Å². The van der Waals surface area contributed by atoms with Crippen LogP contribution in [0.1, 0.15) is 21.5 Å². The molecule has 0 bridgehead atoms. The summed E-state index contributed by atoms with van der Waals surface area (Å²) in [6, 6.07) is 12.8. The minimum absolute atomic E-state index is 0.0873. The molecule has 0 spiro atoms. The van der Waals surface area contributed by atoms with E-state index in [4.69, 9.17) is 14.2 Å². The highest BCUT2D eigenvalue weighted by Gasteiger charge is 2.17. The Morgan fingerprint density at radius 2 is 1.86 bits per heavy atom. The fraction of sp³-hybridized carbons (Fsp3) is 0.235. The second-order valence-electron chi connectivity index (χ2n) is 4.74. The van der Waals surface area contributed by atoms with Crippen molar-refractivity contribution in [2.24, 2.45) is 0 Å². The van der Waals surface area contributed by atoms with E-state index in [-0.39, 0.29) is 24.7 Å². The monoisotopic (exact) mass is 302 g/mol. The summed E-state index contributed by atoms with van der Waals surface area (Å²) in [5, 5.41) is 9.37. The lowest BCUT2D eigenvalue weighted by molar-refractivity contribution is 0.0508. The van der Waals surface area contributed by atoms with Gasteiger partial charge in [-0.05, 0) is 24.1 Å². The fourth-order valence-electron chi connectivity index (χ4n) is 2.06. The van der Waals surface area contributed by atoms with Gasteiger partial charge >= 0.3 is 5.97 Å². The fourth-order valence-corrected chi connectivity index (χ4v) is 2.06. The highest BCUT2D eigenvalue weighted by Crippen LogP contribution is 2.29. The van der Waals surface area contributed by atoms with Crippen molar-refractivity contribution in [3.63, 3.8) is 0 Å². The zero-order valence-electron chi connectivity index (χ0n) is 12.5. The van der Waals surface area contributed by atoms with Crippen LogP contribution in [-0.4, -0.2) is 25.0 Å². The summed E-state index contributed by atoms with van der Waals surface area (Å²) in [5.41, 5.74) is 1.67. The van der Waals surface area contributed by atoms with Gasteiger partial charge in [0.05, 0.1) is 0 Å². The third-order valence-electron chi connectivity index (χ3n) is 3.07. The second kappa shape index (κ2) is 7.47. The number of ether oxygens (including phenoxy) is 3. The first-order valence-electron chi connectivity index (χ1n) is 6.78. The van der Waals surface area contributed by atoms with Crippen molar-refractivity contribution in [2.75, 3.05) is 13.9 Å². The van der Waals surface area contributed by atoms with Gasteiger partial charge in [0.1, 0.15) is 23.7 Å². The average molecular weight is 302 g/mol. The molecule has 0 saturated heterocycles. The molecule has 0 unspecified atom stereocenters. The molecule has 2 aromatic rings.